The summed E-state index contributed by atoms with van der Waals surface area (Å²) in [6.45, 7) is 3.66. The molecule has 0 amide bonds. The highest BCUT2D eigenvalue weighted by Crippen LogP contribution is 2.48. The molecule has 2 nitrogen and oxygen atoms in total. The van der Waals surface area contributed by atoms with Crippen molar-refractivity contribution in [2.45, 2.75) is 18.8 Å². The second-order valence-electron chi connectivity index (χ2n) is 5.84. The Labute approximate surface area is 112 Å². The Morgan fingerprint density at radius 1 is 1.05 bits per heavy atom. The van der Waals surface area contributed by atoms with E-state index in [1.165, 1.54) is 27.8 Å². The topological polar surface area (TPSA) is 29.5 Å². The molecular formula is C17H16O2. The maximum Gasteiger partial charge on any atom is 0.115 e. The number of fused-ring (bicyclic) bond motifs is 4. The van der Waals surface area contributed by atoms with Crippen molar-refractivity contribution in [1.82, 2.24) is 0 Å². The highest BCUT2D eigenvalue weighted by molar-refractivity contribution is 5.76. The van der Waals surface area contributed by atoms with E-state index in [2.05, 4.69) is 25.1 Å². The van der Waals surface area contributed by atoms with Gasteiger partial charge in [0.1, 0.15) is 5.75 Å². The largest absolute Gasteiger partial charge is 0.508 e. The standard InChI is InChI=1S/C17H16O2/c1-11-2-4-14-12(6-11)8-17(9-19-10-17)16-7-13(18)3-5-15(14)16/h2-7,18H,8-10H2,1H3. The van der Waals surface area contributed by atoms with Crippen LogP contribution in [0.25, 0.3) is 11.1 Å². The van der Waals surface area contributed by atoms with E-state index in [-0.39, 0.29) is 5.41 Å². The van der Waals surface area contributed by atoms with Crippen LogP contribution in [0.4, 0.5) is 0 Å². The van der Waals surface area contributed by atoms with Crippen LogP contribution in [0.3, 0.4) is 0 Å². The van der Waals surface area contributed by atoms with Crippen molar-refractivity contribution in [3.8, 4) is 16.9 Å². The Kier molecular flexibility index (Phi) is 2.10. The third-order valence-corrected chi connectivity index (χ3v) is 4.41. The number of hydrogen-bond acceptors (Lipinski definition) is 2. The summed E-state index contributed by atoms with van der Waals surface area (Å²) < 4.78 is 5.48. The molecule has 96 valence electrons. The van der Waals surface area contributed by atoms with Crippen molar-refractivity contribution in [3.05, 3.63) is 53.1 Å². The van der Waals surface area contributed by atoms with E-state index in [4.69, 9.17) is 4.74 Å². The fourth-order valence-corrected chi connectivity index (χ4v) is 3.40. The Morgan fingerprint density at radius 2 is 1.84 bits per heavy atom. The number of hydrogen-bond donors (Lipinski definition) is 1. The number of ether oxygens (including phenoxy) is 1. The molecule has 1 aliphatic carbocycles. The molecule has 19 heavy (non-hydrogen) atoms. The molecule has 2 heteroatoms. The molecule has 0 bridgehead atoms. The summed E-state index contributed by atoms with van der Waals surface area (Å²) in [6.07, 6.45) is 1.01. The zero-order valence-electron chi connectivity index (χ0n) is 10.9. The number of rotatable bonds is 0. The summed E-state index contributed by atoms with van der Waals surface area (Å²) in [5.41, 5.74) is 6.59. The van der Waals surface area contributed by atoms with Gasteiger partial charge in [-0.1, -0.05) is 29.8 Å². The molecule has 2 aromatic carbocycles. The predicted octanol–water partition coefficient (Wildman–Crippen LogP) is 3.19. The van der Waals surface area contributed by atoms with Crippen LogP contribution in [-0.4, -0.2) is 18.3 Å². The fourth-order valence-electron chi connectivity index (χ4n) is 3.40. The first-order valence-corrected chi connectivity index (χ1v) is 6.69. The van der Waals surface area contributed by atoms with Gasteiger partial charge in [0.15, 0.2) is 0 Å². The molecule has 4 rings (SSSR count). The molecule has 1 heterocycles. The number of aryl methyl sites for hydroxylation is 1. The summed E-state index contributed by atoms with van der Waals surface area (Å²) >= 11 is 0. The maximum absolute atomic E-state index is 9.79. The van der Waals surface area contributed by atoms with Crippen LogP contribution in [0.2, 0.25) is 0 Å². The van der Waals surface area contributed by atoms with E-state index in [1.54, 1.807) is 6.07 Å². The molecule has 1 aliphatic heterocycles. The van der Waals surface area contributed by atoms with Gasteiger partial charge in [-0.2, -0.15) is 0 Å². The second-order valence-corrected chi connectivity index (χ2v) is 5.84. The fraction of sp³-hybridized carbons (Fsp3) is 0.294. The van der Waals surface area contributed by atoms with Crippen molar-refractivity contribution in [2.75, 3.05) is 13.2 Å². The molecule has 0 saturated carbocycles. The monoisotopic (exact) mass is 252 g/mol. The van der Waals surface area contributed by atoms with Crippen molar-refractivity contribution in [2.24, 2.45) is 0 Å². The summed E-state index contributed by atoms with van der Waals surface area (Å²) in [6, 6.07) is 12.4. The average Bonchev–Trinajstić information content (AvgIpc) is 2.35. The molecule has 0 atom stereocenters. The van der Waals surface area contributed by atoms with Crippen molar-refractivity contribution < 1.29 is 9.84 Å². The molecule has 0 unspecified atom stereocenters. The van der Waals surface area contributed by atoms with Crippen LogP contribution >= 0.6 is 0 Å². The lowest BCUT2D eigenvalue weighted by molar-refractivity contribution is -0.0604. The highest BCUT2D eigenvalue weighted by Gasteiger charge is 2.45. The Bertz CT molecular complexity index is 669. The first-order chi connectivity index (χ1) is 9.18. The molecule has 2 aliphatic rings. The minimum atomic E-state index is 0.0782. The predicted molar refractivity (Wildman–Crippen MR) is 74.5 cm³/mol. The molecular weight excluding hydrogens is 236 g/mol. The Hall–Kier alpha value is -1.80. The van der Waals surface area contributed by atoms with Crippen LogP contribution in [0, 0.1) is 6.92 Å². The van der Waals surface area contributed by atoms with Crippen LogP contribution in [-0.2, 0) is 16.6 Å². The van der Waals surface area contributed by atoms with Gasteiger partial charge in [0.2, 0.25) is 0 Å². The normalized spacial score (nSPS) is 18.6. The summed E-state index contributed by atoms with van der Waals surface area (Å²) in [4.78, 5) is 0. The van der Waals surface area contributed by atoms with Crippen molar-refractivity contribution in [1.29, 1.82) is 0 Å². The Morgan fingerprint density at radius 3 is 2.58 bits per heavy atom. The van der Waals surface area contributed by atoms with Gasteiger partial charge < -0.3 is 9.84 Å². The van der Waals surface area contributed by atoms with Crippen LogP contribution in [0.15, 0.2) is 36.4 Å². The molecule has 1 saturated heterocycles. The molecule has 2 aromatic rings. The minimum Gasteiger partial charge on any atom is -0.508 e. The van der Waals surface area contributed by atoms with Gasteiger partial charge in [0, 0.05) is 5.41 Å². The number of aromatic hydroxyl groups is 1. The van der Waals surface area contributed by atoms with Gasteiger partial charge in [-0.15, -0.1) is 0 Å². The van der Waals surface area contributed by atoms with Crippen LogP contribution in [0.1, 0.15) is 16.7 Å². The Balaban J connectivity index is 2.00. The number of benzene rings is 2. The first-order valence-electron chi connectivity index (χ1n) is 6.69. The lowest BCUT2D eigenvalue weighted by Crippen LogP contribution is -2.50. The molecule has 0 radical (unpaired) electrons. The third kappa shape index (κ3) is 1.47. The minimum absolute atomic E-state index is 0.0782. The van der Waals surface area contributed by atoms with E-state index >= 15 is 0 Å². The quantitative estimate of drug-likeness (QED) is 0.780. The molecule has 1 fully saturated rings. The zero-order chi connectivity index (χ0) is 13.0. The van der Waals surface area contributed by atoms with Crippen molar-refractivity contribution in [3.63, 3.8) is 0 Å². The molecule has 0 aromatic heterocycles. The van der Waals surface area contributed by atoms with Crippen molar-refractivity contribution >= 4 is 0 Å². The number of phenols is 1. The van der Waals surface area contributed by atoms with E-state index in [1.807, 2.05) is 12.1 Å². The summed E-state index contributed by atoms with van der Waals surface area (Å²) in [7, 11) is 0. The smallest absolute Gasteiger partial charge is 0.115 e. The number of phenolic OH excluding ortho intramolecular Hbond substituents is 1. The van der Waals surface area contributed by atoms with Gasteiger partial charge >= 0.3 is 0 Å². The molecule has 1 spiro atoms. The van der Waals surface area contributed by atoms with Gasteiger partial charge in [0.25, 0.3) is 0 Å². The lowest BCUT2D eigenvalue weighted by atomic mass is 9.66. The SMILES string of the molecule is Cc1ccc2c(c1)CC1(COC1)c1cc(O)ccc1-2. The van der Waals surface area contributed by atoms with E-state index in [0.717, 1.165) is 19.6 Å². The first kappa shape index (κ1) is 11.1. The van der Waals surface area contributed by atoms with Crippen LogP contribution in [0.5, 0.6) is 5.75 Å². The highest BCUT2D eigenvalue weighted by atomic mass is 16.5. The summed E-state index contributed by atoms with van der Waals surface area (Å²) in [5, 5.41) is 9.79. The lowest BCUT2D eigenvalue weighted by Gasteiger charge is -2.46. The third-order valence-electron chi connectivity index (χ3n) is 4.41. The maximum atomic E-state index is 9.79. The van der Waals surface area contributed by atoms with E-state index in [9.17, 15) is 5.11 Å². The average molecular weight is 252 g/mol. The second kappa shape index (κ2) is 3.61. The van der Waals surface area contributed by atoms with E-state index < -0.39 is 0 Å². The van der Waals surface area contributed by atoms with Gasteiger partial charge in [-0.25, -0.2) is 0 Å². The summed E-state index contributed by atoms with van der Waals surface area (Å²) in [5.74, 6) is 0.348. The zero-order valence-corrected chi connectivity index (χ0v) is 10.9. The van der Waals surface area contributed by atoms with Gasteiger partial charge in [-0.3, -0.25) is 0 Å². The van der Waals surface area contributed by atoms with Gasteiger partial charge in [0.05, 0.1) is 13.2 Å². The van der Waals surface area contributed by atoms with Gasteiger partial charge in [-0.05, 0) is 47.7 Å². The van der Waals surface area contributed by atoms with Crippen LogP contribution < -0.4 is 0 Å². The molecule has 1 N–H and O–H groups in total. The van der Waals surface area contributed by atoms with E-state index in [0.29, 0.717) is 5.75 Å².